The fourth-order valence-electron chi connectivity index (χ4n) is 2.51. The van der Waals surface area contributed by atoms with Gasteiger partial charge in [-0.3, -0.25) is 5.32 Å². The third-order valence-corrected chi connectivity index (χ3v) is 3.73. The molecule has 0 fully saturated rings. The van der Waals surface area contributed by atoms with Crippen LogP contribution in [0.2, 0.25) is 0 Å². The topological polar surface area (TPSA) is 76.7 Å². The van der Waals surface area contributed by atoms with E-state index in [1.807, 2.05) is 5.32 Å². The first-order valence-electron chi connectivity index (χ1n) is 9.04. The number of allylic oxidation sites excluding steroid dienone is 1. The summed E-state index contributed by atoms with van der Waals surface area (Å²) < 4.78 is 87.7. The summed E-state index contributed by atoms with van der Waals surface area (Å²) in [5, 5.41) is 1.83. The van der Waals surface area contributed by atoms with Crippen LogP contribution in [0.15, 0.2) is 53.3 Å². The number of nitrogens with zero attached hydrogens (tertiary/aromatic N) is 1. The Morgan fingerprint density at radius 1 is 1.03 bits per heavy atom. The molecule has 2 aromatic carbocycles. The number of alkyl halides is 3. The molecule has 2 aromatic rings. The van der Waals surface area contributed by atoms with Crippen LogP contribution >= 0.6 is 0 Å². The van der Waals surface area contributed by atoms with Gasteiger partial charge in [-0.05, 0) is 44.5 Å². The minimum absolute atomic E-state index is 0.00320. The predicted octanol–water partition coefficient (Wildman–Crippen LogP) is 5.73. The van der Waals surface area contributed by atoms with Crippen LogP contribution in [0.25, 0.3) is 11.1 Å². The first-order chi connectivity index (χ1) is 14.7. The molecule has 172 valence electrons. The third kappa shape index (κ3) is 6.50. The van der Waals surface area contributed by atoms with Crippen LogP contribution < -0.4 is 11.1 Å². The van der Waals surface area contributed by atoms with E-state index < -0.39 is 52.4 Å². The molecule has 2 rings (SSSR count). The summed E-state index contributed by atoms with van der Waals surface area (Å²) in [4.78, 5) is 15.3. The Labute approximate surface area is 179 Å². The number of ether oxygens (including phenoxy) is 1. The molecule has 0 radical (unpaired) electrons. The van der Waals surface area contributed by atoms with Gasteiger partial charge in [0.1, 0.15) is 22.9 Å². The number of rotatable bonds is 4. The Hall–Kier alpha value is -3.50. The minimum atomic E-state index is -5.21. The molecule has 0 aliphatic rings. The Morgan fingerprint density at radius 2 is 1.62 bits per heavy atom. The van der Waals surface area contributed by atoms with Crippen LogP contribution in [0.5, 0.6) is 0 Å². The zero-order valence-corrected chi connectivity index (χ0v) is 17.2. The maximum atomic E-state index is 14.5. The SMILES string of the molecule is CC(C)(C)OC(=O)NC(=CN)C(=Nc1c(F)cc(F)cc1-c1ccc(F)cc1)C(F)(F)F. The Bertz CT molecular complexity index is 1050. The van der Waals surface area contributed by atoms with E-state index in [4.69, 9.17) is 10.5 Å². The summed E-state index contributed by atoms with van der Waals surface area (Å²) in [5.74, 6) is -3.17. The average Bonchev–Trinajstić information content (AvgIpc) is 2.63. The second-order valence-corrected chi connectivity index (χ2v) is 7.46. The molecule has 0 saturated heterocycles. The molecule has 11 heteroatoms. The summed E-state index contributed by atoms with van der Waals surface area (Å²) >= 11 is 0. The van der Waals surface area contributed by atoms with Gasteiger partial charge in [0.15, 0.2) is 11.5 Å². The maximum absolute atomic E-state index is 14.5. The van der Waals surface area contributed by atoms with E-state index in [9.17, 15) is 31.1 Å². The quantitative estimate of drug-likeness (QED) is 0.453. The molecule has 0 aliphatic carbocycles. The van der Waals surface area contributed by atoms with Gasteiger partial charge in [-0.1, -0.05) is 12.1 Å². The first kappa shape index (κ1) is 24.8. The van der Waals surface area contributed by atoms with Crippen LogP contribution in [0, 0.1) is 17.5 Å². The third-order valence-electron chi connectivity index (χ3n) is 3.73. The fraction of sp³-hybridized carbons (Fsp3) is 0.238. The lowest BCUT2D eigenvalue weighted by Crippen LogP contribution is -2.38. The zero-order chi connectivity index (χ0) is 24.3. The molecule has 0 bridgehead atoms. The van der Waals surface area contributed by atoms with E-state index in [0.717, 1.165) is 30.3 Å². The molecule has 0 atom stereocenters. The minimum Gasteiger partial charge on any atom is -0.444 e. The number of benzene rings is 2. The van der Waals surface area contributed by atoms with Crippen molar-refractivity contribution in [2.75, 3.05) is 0 Å². The maximum Gasteiger partial charge on any atom is 0.435 e. The van der Waals surface area contributed by atoms with Crippen molar-refractivity contribution < 1.29 is 35.9 Å². The van der Waals surface area contributed by atoms with Crippen molar-refractivity contribution in [2.45, 2.75) is 32.5 Å². The highest BCUT2D eigenvalue weighted by atomic mass is 19.4. The number of hydrogen-bond acceptors (Lipinski definition) is 4. The Morgan fingerprint density at radius 3 is 2.12 bits per heavy atom. The van der Waals surface area contributed by atoms with Crippen molar-refractivity contribution in [1.82, 2.24) is 5.32 Å². The lowest BCUT2D eigenvalue weighted by Gasteiger charge is -2.21. The number of carbonyl (C=O) groups excluding carboxylic acids is 1. The van der Waals surface area contributed by atoms with Crippen molar-refractivity contribution in [1.29, 1.82) is 0 Å². The van der Waals surface area contributed by atoms with Crippen molar-refractivity contribution in [3.8, 4) is 11.1 Å². The van der Waals surface area contributed by atoms with Gasteiger partial charge in [0.05, 0.1) is 5.70 Å². The van der Waals surface area contributed by atoms with Crippen LogP contribution in [-0.2, 0) is 4.74 Å². The molecule has 1 amide bonds. The number of nitrogens with one attached hydrogen (secondary N) is 1. The van der Waals surface area contributed by atoms with Gasteiger partial charge in [0.25, 0.3) is 0 Å². The first-order valence-corrected chi connectivity index (χ1v) is 9.04. The molecule has 0 unspecified atom stereocenters. The van der Waals surface area contributed by atoms with Gasteiger partial charge in [-0.25, -0.2) is 23.0 Å². The highest BCUT2D eigenvalue weighted by Gasteiger charge is 2.40. The second kappa shape index (κ2) is 9.33. The van der Waals surface area contributed by atoms with Crippen LogP contribution in [0.3, 0.4) is 0 Å². The van der Waals surface area contributed by atoms with Crippen molar-refractivity contribution in [3.05, 3.63) is 65.7 Å². The lowest BCUT2D eigenvalue weighted by molar-refractivity contribution is -0.0584. The number of hydrogen-bond donors (Lipinski definition) is 2. The normalized spacial score (nSPS) is 13.2. The molecule has 0 spiro atoms. The van der Waals surface area contributed by atoms with E-state index in [0.29, 0.717) is 12.3 Å². The highest BCUT2D eigenvalue weighted by molar-refractivity contribution is 6.07. The van der Waals surface area contributed by atoms with E-state index in [2.05, 4.69) is 4.99 Å². The molecule has 5 nitrogen and oxygen atoms in total. The molecule has 32 heavy (non-hydrogen) atoms. The number of nitrogens with two attached hydrogens (primary N) is 1. The number of aliphatic imine (C=N–C) groups is 1. The number of halogens is 6. The van der Waals surface area contributed by atoms with Gasteiger partial charge in [-0.2, -0.15) is 13.2 Å². The van der Waals surface area contributed by atoms with Gasteiger partial charge in [0.2, 0.25) is 0 Å². The predicted molar refractivity (Wildman–Crippen MR) is 107 cm³/mol. The van der Waals surface area contributed by atoms with E-state index in [1.165, 1.54) is 20.8 Å². The summed E-state index contributed by atoms with van der Waals surface area (Å²) in [6.07, 6.45) is -6.06. The van der Waals surface area contributed by atoms with Gasteiger partial charge >= 0.3 is 12.3 Å². The highest BCUT2D eigenvalue weighted by Crippen LogP contribution is 2.36. The molecular formula is C21H19F6N3O2. The summed E-state index contributed by atoms with van der Waals surface area (Å²) in [6, 6.07) is 5.25. The molecular weight excluding hydrogens is 440 g/mol. The summed E-state index contributed by atoms with van der Waals surface area (Å²) in [7, 11) is 0. The second-order valence-electron chi connectivity index (χ2n) is 7.46. The number of carbonyl (C=O) groups is 1. The van der Waals surface area contributed by atoms with Crippen molar-refractivity contribution in [2.24, 2.45) is 10.7 Å². The standard InChI is InChI=1S/C21H19F6N3O2/c1-20(2,3)32-19(31)29-16(10-28)18(21(25,26)27)30-17-14(8-13(23)9-15(17)24)11-4-6-12(22)7-5-11/h4-10H,28H2,1-3H3,(H,29,31). The molecule has 0 saturated carbocycles. The fourth-order valence-corrected chi connectivity index (χ4v) is 2.51. The van der Waals surface area contributed by atoms with Crippen LogP contribution in [0.4, 0.5) is 36.8 Å². The van der Waals surface area contributed by atoms with Gasteiger partial charge in [-0.15, -0.1) is 0 Å². The Kier molecular flexibility index (Phi) is 7.22. The van der Waals surface area contributed by atoms with E-state index in [-0.39, 0.29) is 11.1 Å². The van der Waals surface area contributed by atoms with Gasteiger partial charge < -0.3 is 10.5 Å². The van der Waals surface area contributed by atoms with Crippen LogP contribution in [-0.4, -0.2) is 23.6 Å². The molecule has 0 heterocycles. The lowest BCUT2D eigenvalue weighted by atomic mass is 10.0. The Balaban J connectivity index is 2.64. The summed E-state index contributed by atoms with van der Waals surface area (Å²) in [5.41, 5.74) is 0.182. The molecule has 3 N–H and O–H groups in total. The zero-order valence-electron chi connectivity index (χ0n) is 17.2. The number of amides is 1. The van der Waals surface area contributed by atoms with Gasteiger partial charge in [0, 0.05) is 17.8 Å². The average molecular weight is 459 g/mol. The molecule has 0 aliphatic heterocycles. The largest absolute Gasteiger partial charge is 0.444 e. The smallest absolute Gasteiger partial charge is 0.435 e. The summed E-state index contributed by atoms with van der Waals surface area (Å²) in [6.45, 7) is 4.46. The van der Waals surface area contributed by atoms with Crippen molar-refractivity contribution >= 4 is 17.5 Å². The van der Waals surface area contributed by atoms with E-state index >= 15 is 0 Å². The van der Waals surface area contributed by atoms with Crippen molar-refractivity contribution in [3.63, 3.8) is 0 Å². The monoisotopic (exact) mass is 459 g/mol. The number of alkyl carbamates (subject to hydrolysis) is 1. The van der Waals surface area contributed by atoms with Crippen LogP contribution in [0.1, 0.15) is 20.8 Å². The van der Waals surface area contributed by atoms with E-state index in [1.54, 1.807) is 0 Å². The molecule has 0 aromatic heterocycles.